The van der Waals surface area contributed by atoms with E-state index in [2.05, 4.69) is 15.1 Å². The molecule has 0 spiro atoms. The summed E-state index contributed by atoms with van der Waals surface area (Å²) in [5.74, 6) is 0.989. The van der Waals surface area contributed by atoms with Crippen molar-refractivity contribution in [1.82, 2.24) is 19.7 Å². The first-order chi connectivity index (χ1) is 7.22. The Kier molecular flexibility index (Phi) is 2.51. The highest BCUT2D eigenvalue weighted by molar-refractivity contribution is 5.47. The van der Waals surface area contributed by atoms with Crippen LogP contribution >= 0.6 is 0 Å². The molecule has 2 heterocycles. The van der Waals surface area contributed by atoms with Gasteiger partial charge in [-0.1, -0.05) is 12.1 Å². The number of hydrogen-bond acceptors (Lipinski definition) is 5. The van der Waals surface area contributed by atoms with Crippen molar-refractivity contribution < 1.29 is 4.52 Å². The molecule has 6 nitrogen and oxygen atoms in total. The largest absolute Gasteiger partial charge is 0.337 e. The lowest BCUT2D eigenvalue weighted by atomic mass is 10.2. The fraction of sp³-hybridized carbons (Fsp3) is 0.444. The normalized spacial score (nSPS) is 13.0. The average molecular weight is 207 g/mol. The van der Waals surface area contributed by atoms with E-state index in [1.54, 1.807) is 12.5 Å². The Balaban J connectivity index is 2.32. The van der Waals surface area contributed by atoms with E-state index in [0.29, 0.717) is 11.7 Å². The summed E-state index contributed by atoms with van der Waals surface area (Å²) in [6, 6.07) is -0.195. The predicted molar refractivity (Wildman–Crippen MR) is 53.7 cm³/mol. The van der Waals surface area contributed by atoms with Gasteiger partial charge in [0.1, 0.15) is 5.69 Å². The van der Waals surface area contributed by atoms with Crippen LogP contribution in [0.4, 0.5) is 0 Å². The molecule has 1 atom stereocenters. The molecule has 2 N–H and O–H groups in total. The van der Waals surface area contributed by atoms with Crippen molar-refractivity contribution >= 4 is 0 Å². The predicted octanol–water partition coefficient (Wildman–Crippen LogP) is 0.880. The number of aromatic nitrogens is 4. The van der Waals surface area contributed by atoms with Gasteiger partial charge in [-0.05, 0) is 6.42 Å². The highest BCUT2D eigenvalue weighted by Gasteiger charge is 2.15. The second-order valence-corrected chi connectivity index (χ2v) is 3.36. The smallest absolute Gasteiger partial charge is 0.243 e. The number of nitrogens with zero attached hydrogens (tertiary/aromatic N) is 4. The Morgan fingerprint density at radius 1 is 1.60 bits per heavy atom. The quantitative estimate of drug-likeness (QED) is 0.807. The van der Waals surface area contributed by atoms with Gasteiger partial charge < -0.3 is 14.8 Å². The van der Waals surface area contributed by atoms with E-state index < -0.39 is 0 Å². The topological polar surface area (TPSA) is 82.8 Å². The summed E-state index contributed by atoms with van der Waals surface area (Å²) in [4.78, 5) is 8.20. The highest BCUT2D eigenvalue weighted by Crippen LogP contribution is 2.17. The number of hydrogen-bond donors (Lipinski definition) is 1. The lowest BCUT2D eigenvalue weighted by molar-refractivity contribution is 0.352. The third-order valence-electron chi connectivity index (χ3n) is 2.24. The molecule has 15 heavy (non-hydrogen) atoms. The van der Waals surface area contributed by atoms with Crippen LogP contribution in [0.1, 0.15) is 25.3 Å². The maximum Gasteiger partial charge on any atom is 0.243 e. The Morgan fingerprint density at radius 3 is 3.00 bits per heavy atom. The minimum absolute atomic E-state index is 0.195. The average Bonchev–Trinajstić information content (AvgIpc) is 2.84. The van der Waals surface area contributed by atoms with Crippen LogP contribution in [0.15, 0.2) is 17.0 Å². The molecule has 2 aromatic heterocycles. The Labute approximate surface area is 87.1 Å². The monoisotopic (exact) mass is 207 g/mol. The molecule has 0 aliphatic carbocycles. The summed E-state index contributed by atoms with van der Waals surface area (Å²) in [5, 5.41) is 3.86. The van der Waals surface area contributed by atoms with Gasteiger partial charge in [0.05, 0.1) is 18.6 Å². The van der Waals surface area contributed by atoms with E-state index in [0.717, 1.165) is 12.1 Å². The zero-order valence-corrected chi connectivity index (χ0v) is 8.71. The molecule has 0 saturated carbocycles. The third-order valence-corrected chi connectivity index (χ3v) is 2.24. The van der Waals surface area contributed by atoms with Crippen LogP contribution in [-0.2, 0) is 7.05 Å². The van der Waals surface area contributed by atoms with Crippen molar-refractivity contribution in [3.8, 4) is 11.5 Å². The molecular formula is C9H13N5O. The summed E-state index contributed by atoms with van der Waals surface area (Å²) in [6.45, 7) is 1.97. The Bertz CT molecular complexity index is 447. The molecule has 0 fully saturated rings. The van der Waals surface area contributed by atoms with E-state index >= 15 is 0 Å². The van der Waals surface area contributed by atoms with Gasteiger partial charge in [-0.3, -0.25) is 0 Å². The van der Waals surface area contributed by atoms with Gasteiger partial charge in [0, 0.05) is 7.05 Å². The standard InChI is InChI=1S/C9H13N5O/c1-3-6(10)9-12-8(13-15-9)7-4-11-5-14(7)2/h4-6H,3,10H2,1-2H3. The van der Waals surface area contributed by atoms with Crippen LogP contribution < -0.4 is 5.73 Å². The van der Waals surface area contributed by atoms with Crippen LogP contribution in [0, 0.1) is 0 Å². The first kappa shape index (κ1) is 9.85. The molecule has 0 aliphatic rings. The van der Waals surface area contributed by atoms with Crippen molar-refractivity contribution in [3.63, 3.8) is 0 Å². The van der Waals surface area contributed by atoms with E-state index in [4.69, 9.17) is 10.3 Å². The molecule has 0 amide bonds. The maximum absolute atomic E-state index is 5.78. The minimum atomic E-state index is -0.195. The summed E-state index contributed by atoms with van der Waals surface area (Å²) < 4.78 is 6.89. The lowest BCUT2D eigenvalue weighted by Crippen LogP contribution is -2.08. The van der Waals surface area contributed by atoms with E-state index in [1.165, 1.54) is 0 Å². The molecule has 0 aliphatic heterocycles. The van der Waals surface area contributed by atoms with Gasteiger partial charge in [0.25, 0.3) is 0 Å². The molecule has 0 bridgehead atoms. The third kappa shape index (κ3) is 1.75. The molecule has 2 aromatic rings. The number of aryl methyl sites for hydroxylation is 1. The Hall–Kier alpha value is -1.69. The Morgan fingerprint density at radius 2 is 2.40 bits per heavy atom. The molecule has 0 saturated heterocycles. The zero-order chi connectivity index (χ0) is 10.8. The van der Waals surface area contributed by atoms with Crippen LogP contribution in [0.3, 0.4) is 0 Å². The van der Waals surface area contributed by atoms with Crippen molar-refractivity contribution in [2.24, 2.45) is 12.8 Å². The van der Waals surface area contributed by atoms with E-state index in [-0.39, 0.29) is 6.04 Å². The molecule has 0 aromatic carbocycles. The summed E-state index contributed by atoms with van der Waals surface area (Å²) in [5.41, 5.74) is 6.59. The van der Waals surface area contributed by atoms with Crippen molar-refractivity contribution in [2.75, 3.05) is 0 Å². The van der Waals surface area contributed by atoms with Gasteiger partial charge in [-0.25, -0.2) is 4.98 Å². The van der Waals surface area contributed by atoms with Crippen molar-refractivity contribution in [1.29, 1.82) is 0 Å². The van der Waals surface area contributed by atoms with Gasteiger partial charge in [-0.2, -0.15) is 4.98 Å². The summed E-state index contributed by atoms with van der Waals surface area (Å²) in [6.07, 6.45) is 4.14. The number of rotatable bonds is 3. The molecular weight excluding hydrogens is 194 g/mol. The molecule has 6 heteroatoms. The zero-order valence-electron chi connectivity index (χ0n) is 8.71. The number of nitrogens with two attached hydrogens (primary N) is 1. The van der Waals surface area contributed by atoms with E-state index in [1.807, 2.05) is 18.5 Å². The summed E-state index contributed by atoms with van der Waals surface area (Å²) in [7, 11) is 1.87. The second-order valence-electron chi connectivity index (χ2n) is 3.36. The van der Waals surface area contributed by atoms with Gasteiger partial charge >= 0.3 is 0 Å². The van der Waals surface area contributed by atoms with Crippen LogP contribution in [0.25, 0.3) is 11.5 Å². The first-order valence-electron chi connectivity index (χ1n) is 4.78. The van der Waals surface area contributed by atoms with E-state index in [9.17, 15) is 0 Å². The molecule has 2 rings (SSSR count). The minimum Gasteiger partial charge on any atom is -0.337 e. The molecule has 0 radical (unpaired) electrons. The van der Waals surface area contributed by atoms with Crippen molar-refractivity contribution in [3.05, 3.63) is 18.4 Å². The fourth-order valence-corrected chi connectivity index (χ4v) is 1.24. The first-order valence-corrected chi connectivity index (χ1v) is 4.78. The van der Waals surface area contributed by atoms with Crippen LogP contribution in [0.2, 0.25) is 0 Å². The van der Waals surface area contributed by atoms with Crippen LogP contribution in [-0.4, -0.2) is 19.7 Å². The van der Waals surface area contributed by atoms with Crippen LogP contribution in [0.5, 0.6) is 0 Å². The molecule has 1 unspecified atom stereocenters. The maximum atomic E-state index is 5.78. The van der Waals surface area contributed by atoms with Gasteiger partial charge in [0.15, 0.2) is 0 Å². The summed E-state index contributed by atoms with van der Waals surface area (Å²) >= 11 is 0. The molecule has 80 valence electrons. The van der Waals surface area contributed by atoms with Gasteiger partial charge in [-0.15, -0.1) is 0 Å². The fourth-order valence-electron chi connectivity index (χ4n) is 1.24. The van der Waals surface area contributed by atoms with Crippen molar-refractivity contribution in [2.45, 2.75) is 19.4 Å². The van der Waals surface area contributed by atoms with Gasteiger partial charge in [0.2, 0.25) is 11.7 Å². The lowest BCUT2D eigenvalue weighted by Gasteiger charge is -1.99. The number of imidazole rings is 1. The SMILES string of the molecule is CCC(N)c1nc(-c2cncn2C)no1. The second kappa shape index (κ2) is 3.82. The highest BCUT2D eigenvalue weighted by atomic mass is 16.5.